The van der Waals surface area contributed by atoms with Gasteiger partial charge in [0.1, 0.15) is 5.60 Å². The van der Waals surface area contributed by atoms with E-state index >= 15 is 0 Å². The van der Waals surface area contributed by atoms with Crippen LogP contribution in [0, 0.1) is 0 Å². The fourth-order valence-corrected chi connectivity index (χ4v) is 1.76. The zero-order valence-electron chi connectivity index (χ0n) is 8.78. The van der Waals surface area contributed by atoms with Crippen molar-refractivity contribution in [3.8, 4) is 0 Å². The van der Waals surface area contributed by atoms with E-state index in [0.29, 0.717) is 10.7 Å². The van der Waals surface area contributed by atoms with Gasteiger partial charge in [-0.05, 0) is 13.8 Å². The van der Waals surface area contributed by atoms with Crippen LogP contribution < -0.4 is 0 Å². The van der Waals surface area contributed by atoms with Crippen LogP contribution in [0.25, 0.3) is 0 Å². The molecule has 2 atom stereocenters. The lowest BCUT2D eigenvalue weighted by atomic mass is 9.96. The van der Waals surface area contributed by atoms with Gasteiger partial charge in [0.25, 0.3) is 0 Å². The predicted molar refractivity (Wildman–Crippen MR) is 54.3 cm³/mol. The lowest BCUT2D eigenvalue weighted by molar-refractivity contribution is -0.0817. The summed E-state index contributed by atoms with van der Waals surface area (Å²) in [6.07, 6.45) is 1.16. The first-order valence-electron chi connectivity index (χ1n) is 4.34. The highest BCUT2D eigenvalue weighted by Crippen LogP contribution is 2.31. The third-order valence-corrected chi connectivity index (χ3v) is 2.80. The van der Waals surface area contributed by atoms with E-state index in [1.807, 2.05) is 0 Å². The second kappa shape index (κ2) is 3.88. The summed E-state index contributed by atoms with van der Waals surface area (Å²) in [5, 5.41) is 14.6. The Morgan fingerprint density at radius 1 is 1.71 bits per heavy atom. The summed E-state index contributed by atoms with van der Waals surface area (Å²) in [5.74, 6) is 0. The summed E-state index contributed by atoms with van der Waals surface area (Å²) in [6, 6.07) is 0. The number of aromatic nitrogens is 2. The maximum Gasteiger partial charge on any atom is 0.131 e. The molecule has 1 aromatic rings. The van der Waals surface area contributed by atoms with Gasteiger partial charge in [0.2, 0.25) is 0 Å². The molecular weight excluding hydrogens is 204 g/mol. The van der Waals surface area contributed by atoms with Crippen LogP contribution in [-0.2, 0) is 17.4 Å². The van der Waals surface area contributed by atoms with Gasteiger partial charge in [0, 0.05) is 14.2 Å². The topological polar surface area (TPSA) is 47.3 Å². The number of hydrogen-bond donors (Lipinski definition) is 1. The molecule has 1 rings (SSSR count). The highest BCUT2D eigenvalue weighted by atomic mass is 35.5. The van der Waals surface area contributed by atoms with Gasteiger partial charge >= 0.3 is 0 Å². The third-order valence-electron chi connectivity index (χ3n) is 2.52. The Hall–Kier alpha value is -0.580. The molecule has 5 heteroatoms. The zero-order chi connectivity index (χ0) is 10.9. The second-order valence-electron chi connectivity index (χ2n) is 3.49. The van der Waals surface area contributed by atoms with E-state index in [4.69, 9.17) is 16.3 Å². The minimum atomic E-state index is -1.14. The maximum absolute atomic E-state index is 10.2. The van der Waals surface area contributed by atoms with E-state index in [0.717, 1.165) is 0 Å². The van der Waals surface area contributed by atoms with Gasteiger partial charge in [-0.1, -0.05) is 11.6 Å². The van der Waals surface area contributed by atoms with Crippen molar-refractivity contribution in [2.45, 2.75) is 25.6 Å². The summed E-state index contributed by atoms with van der Waals surface area (Å²) < 4.78 is 6.65. The smallest absolute Gasteiger partial charge is 0.131 e. The van der Waals surface area contributed by atoms with Crippen LogP contribution in [0.4, 0.5) is 0 Å². The normalized spacial score (nSPS) is 17.9. The molecule has 0 saturated heterocycles. The molecule has 0 aliphatic heterocycles. The van der Waals surface area contributed by atoms with E-state index in [1.54, 1.807) is 32.7 Å². The van der Waals surface area contributed by atoms with Gasteiger partial charge in [-0.25, -0.2) is 0 Å². The summed E-state index contributed by atoms with van der Waals surface area (Å²) in [4.78, 5) is 0. The van der Waals surface area contributed by atoms with Crippen LogP contribution in [0.2, 0.25) is 5.02 Å². The van der Waals surface area contributed by atoms with Crippen molar-refractivity contribution in [3.63, 3.8) is 0 Å². The van der Waals surface area contributed by atoms with Crippen molar-refractivity contribution in [1.82, 2.24) is 9.78 Å². The fraction of sp³-hybridized carbons (Fsp3) is 0.667. The summed E-state index contributed by atoms with van der Waals surface area (Å²) in [7, 11) is 3.28. The first-order chi connectivity index (χ1) is 6.41. The first kappa shape index (κ1) is 11.5. The van der Waals surface area contributed by atoms with Gasteiger partial charge in [0.15, 0.2) is 0 Å². The fourth-order valence-electron chi connectivity index (χ4n) is 1.40. The average Bonchev–Trinajstić information content (AvgIpc) is 2.44. The highest BCUT2D eigenvalue weighted by molar-refractivity contribution is 6.31. The van der Waals surface area contributed by atoms with Gasteiger partial charge in [-0.15, -0.1) is 0 Å². The minimum absolute atomic E-state index is 0.351. The lowest BCUT2D eigenvalue weighted by Gasteiger charge is -2.29. The number of aliphatic hydroxyl groups is 1. The molecule has 0 aromatic carbocycles. The highest BCUT2D eigenvalue weighted by Gasteiger charge is 2.35. The monoisotopic (exact) mass is 218 g/mol. The van der Waals surface area contributed by atoms with Gasteiger partial charge in [0.05, 0.1) is 23.0 Å². The minimum Gasteiger partial charge on any atom is -0.381 e. The number of aryl methyl sites for hydroxylation is 1. The molecule has 1 heterocycles. The Kier molecular flexibility index (Phi) is 3.19. The van der Waals surface area contributed by atoms with E-state index < -0.39 is 5.60 Å². The van der Waals surface area contributed by atoms with Gasteiger partial charge in [-0.3, -0.25) is 4.68 Å². The molecule has 0 aliphatic rings. The van der Waals surface area contributed by atoms with Crippen LogP contribution in [0.3, 0.4) is 0 Å². The van der Waals surface area contributed by atoms with Crippen molar-refractivity contribution < 1.29 is 9.84 Å². The molecule has 0 radical (unpaired) electrons. The Balaban J connectivity index is 3.14. The van der Waals surface area contributed by atoms with Gasteiger partial charge < -0.3 is 9.84 Å². The predicted octanol–water partition coefficient (Wildman–Crippen LogP) is 1.32. The van der Waals surface area contributed by atoms with Crippen molar-refractivity contribution in [2.24, 2.45) is 7.05 Å². The van der Waals surface area contributed by atoms with Crippen LogP contribution >= 0.6 is 11.6 Å². The molecule has 1 aromatic heterocycles. The molecule has 0 bridgehead atoms. The Morgan fingerprint density at radius 2 is 2.29 bits per heavy atom. The molecule has 2 unspecified atom stereocenters. The number of rotatable bonds is 3. The van der Waals surface area contributed by atoms with Crippen molar-refractivity contribution in [3.05, 3.63) is 16.9 Å². The molecule has 1 N–H and O–H groups in total. The molecule has 0 spiro atoms. The number of hydrogen-bond acceptors (Lipinski definition) is 3. The quantitative estimate of drug-likeness (QED) is 0.833. The summed E-state index contributed by atoms with van der Waals surface area (Å²) >= 11 is 5.93. The van der Waals surface area contributed by atoms with Crippen LogP contribution in [-0.4, -0.2) is 28.1 Å². The van der Waals surface area contributed by atoms with Crippen molar-refractivity contribution in [2.75, 3.05) is 7.11 Å². The van der Waals surface area contributed by atoms with E-state index in [9.17, 15) is 5.11 Å². The molecule has 80 valence electrons. The standard InChI is InChI=1S/C9H15ClN2O2/c1-6(14-4)9(2,13)8-7(10)5-11-12(8)3/h5-6,13H,1-4H3. The SMILES string of the molecule is COC(C)C(C)(O)c1c(Cl)cnn1C. The Bertz CT molecular complexity index is 303. The van der Waals surface area contributed by atoms with E-state index in [2.05, 4.69) is 5.10 Å². The molecule has 0 aliphatic carbocycles. The van der Waals surface area contributed by atoms with Crippen LogP contribution in [0.15, 0.2) is 6.20 Å². The molecular formula is C9H15ClN2O2. The number of ether oxygens (including phenoxy) is 1. The molecule has 4 nitrogen and oxygen atoms in total. The Labute approximate surface area is 88.4 Å². The molecule has 0 fully saturated rings. The molecule has 0 saturated carbocycles. The summed E-state index contributed by atoms with van der Waals surface area (Å²) in [6.45, 7) is 3.44. The van der Waals surface area contributed by atoms with Crippen molar-refractivity contribution >= 4 is 11.6 Å². The number of methoxy groups -OCH3 is 1. The van der Waals surface area contributed by atoms with Crippen LogP contribution in [0.5, 0.6) is 0 Å². The zero-order valence-corrected chi connectivity index (χ0v) is 9.54. The Morgan fingerprint density at radius 3 is 2.64 bits per heavy atom. The third kappa shape index (κ3) is 1.78. The van der Waals surface area contributed by atoms with E-state index in [1.165, 1.54) is 6.20 Å². The van der Waals surface area contributed by atoms with E-state index in [-0.39, 0.29) is 6.10 Å². The maximum atomic E-state index is 10.2. The number of halogens is 1. The average molecular weight is 219 g/mol. The summed E-state index contributed by atoms with van der Waals surface area (Å²) in [5.41, 5.74) is -0.578. The second-order valence-corrected chi connectivity index (χ2v) is 3.90. The van der Waals surface area contributed by atoms with Crippen molar-refractivity contribution in [1.29, 1.82) is 0 Å². The first-order valence-corrected chi connectivity index (χ1v) is 4.72. The molecule has 0 amide bonds. The lowest BCUT2D eigenvalue weighted by Crippen LogP contribution is -2.37. The number of nitrogens with zero attached hydrogens (tertiary/aromatic N) is 2. The van der Waals surface area contributed by atoms with Crippen LogP contribution in [0.1, 0.15) is 19.5 Å². The largest absolute Gasteiger partial charge is 0.381 e. The molecule has 14 heavy (non-hydrogen) atoms. The van der Waals surface area contributed by atoms with Gasteiger partial charge in [-0.2, -0.15) is 5.10 Å².